The fraction of sp³-hybridized carbons (Fsp3) is 0.280. The fourth-order valence-electron chi connectivity index (χ4n) is 4.06. The van der Waals surface area contributed by atoms with E-state index >= 15 is 0 Å². The van der Waals surface area contributed by atoms with Crippen molar-refractivity contribution < 1.29 is 22.5 Å². The highest BCUT2D eigenvalue weighted by molar-refractivity contribution is 7.89. The second kappa shape index (κ2) is 9.82. The fourth-order valence-corrected chi connectivity index (χ4v) is 5.63. The Hall–Kier alpha value is -3.43. The zero-order valence-corrected chi connectivity index (χ0v) is 20.2. The number of rotatable bonds is 7. The average molecular weight is 482 g/mol. The number of anilines is 1. The summed E-state index contributed by atoms with van der Waals surface area (Å²) in [6.07, 6.45) is 3.12. The van der Waals surface area contributed by atoms with Crippen molar-refractivity contribution in [1.29, 1.82) is 0 Å². The van der Waals surface area contributed by atoms with Crippen molar-refractivity contribution in [2.75, 3.05) is 25.5 Å². The molecule has 0 bridgehead atoms. The van der Waals surface area contributed by atoms with E-state index in [0.29, 0.717) is 36.2 Å². The molecule has 0 saturated carbocycles. The van der Waals surface area contributed by atoms with Crippen LogP contribution in [0.4, 0.5) is 5.88 Å². The Morgan fingerprint density at radius 1 is 1.18 bits per heavy atom. The first-order valence-corrected chi connectivity index (χ1v) is 12.5. The molecule has 1 aromatic heterocycles. The van der Waals surface area contributed by atoms with E-state index < -0.39 is 10.0 Å². The van der Waals surface area contributed by atoms with Gasteiger partial charge in [0.05, 0.1) is 18.4 Å². The standard InChI is InChI=1S/C25H27N3O5S/c1-4-21-24(25(33-27-21)26-17(2)29)20-10-11-22(32-3)23(16-20)34(30,31)28-14-12-19(13-15-28)18-8-6-5-7-9-18/h5-12,16H,4,13-15H2,1-3H3,(H,26,29). The molecule has 2 heterocycles. The van der Waals surface area contributed by atoms with Gasteiger partial charge in [0.1, 0.15) is 10.6 Å². The van der Waals surface area contributed by atoms with E-state index in [1.807, 2.05) is 43.3 Å². The van der Waals surface area contributed by atoms with Gasteiger partial charge in [-0.25, -0.2) is 8.42 Å². The van der Waals surface area contributed by atoms with Crippen LogP contribution in [0.15, 0.2) is 64.0 Å². The van der Waals surface area contributed by atoms with Crippen molar-refractivity contribution in [3.63, 3.8) is 0 Å². The maximum absolute atomic E-state index is 13.7. The number of hydrogen-bond donors (Lipinski definition) is 1. The molecule has 1 amide bonds. The molecule has 1 aliphatic rings. The number of aromatic nitrogens is 1. The van der Waals surface area contributed by atoms with Gasteiger partial charge >= 0.3 is 0 Å². The number of aryl methyl sites for hydroxylation is 1. The molecule has 2 aromatic carbocycles. The van der Waals surface area contributed by atoms with E-state index in [0.717, 1.165) is 11.1 Å². The van der Waals surface area contributed by atoms with Crippen LogP contribution in [-0.2, 0) is 21.2 Å². The van der Waals surface area contributed by atoms with Crippen molar-refractivity contribution in [3.05, 3.63) is 65.9 Å². The Morgan fingerprint density at radius 3 is 2.56 bits per heavy atom. The Kier molecular flexibility index (Phi) is 6.85. The number of carbonyl (C=O) groups is 1. The van der Waals surface area contributed by atoms with Gasteiger partial charge in [-0.1, -0.05) is 54.6 Å². The molecule has 0 aliphatic carbocycles. The predicted octanol–water partition coefficient (Wildman–Crippen LogP) is 4.35. The second-order valence-corrected chi connectivity index (χ2v) is 9.85. The molecular formula is C25H27N3O5S. The predicted molar refractivity (Wildman–Crippen MR) is 130 cm³/mol. The molecule has 3 aromatic rings. The van der Waals surface area contributed by atoms with Crippen molar-refractivity contribution >= 4 is 27.4 Å². The lowest BCUT2D eigenvalue weighted by molar-refractivity contribution is -0.114. The van der Waals surface area contributed by atoms with Gasteiger partial charge in [0, 0.05) is 20.0 Å². The van der Waals surface area contributed by atoms with E-state index in [1.54, 1.807) is 18.2 Å². The minimum atomic E-state index is -3.85. The Labute approximate surface area is 199 Å². The molecular weight excluding hydrogens is 454 g/mol. The Balaban J connectivity index is 1.71. The molecule has 4 rings (SSSR count). The third kappa shape index (κ3) is 4.62. The summed E-state index contributed by atoms with van der Waals surface area (Å²) >= 11 is 0. The lowest BCUT2D eigenvalue weighted by Crippen LogP contribution is -2.35. The van der Waals surface area contributed by atoms with Gasteiger partial charge in [0.15, 0.2) is 0 Å². The van der Waals surface area contributed by atoms with E-state index in [4.69, 9.17) is 9.26 Å². The first-order chi connectivity index (χ1) is 16.3. The summed E-state index contributed by atoms with van der Waals surface area (Å²) in [5.41, 5.74) is 3.97. The van der Waals surface area contributed by atoms with Gasteiger partial charge in [0.2, 0.25) is 21.8 Å². The molecule has 0 saturated heterocycles. The quantitative estimate of drug-likeness (QED) is 0.538. The minimum Gasteiger partial charge on any atom is -0.495 e. The zero-order valence-electron chi connectivity index (χ0n) is 19.4. The van der Waals surface area contributed by atoms with Gasteiger partial charge in [0.25, 0.3) is 0 Å². The number of carbonyl (C=O) groups excluding carboxylic acids is 1. The second-order valence-electron chi connectivity index (χ2n) is 7.94. The maximum atomic E-state index is 13.7. The van der Waals surface area contributed by atoms with Crippen molar-refractivity contribution in [2.24, 2.45) is 0 Å². The zero-order chi connectivity index (χ0) is 24.3. The van der Waals surface area contributed by atoms with Gasteiger partial charge in [-0.2, -0.15) is 4.31 Å². The lowest BCUT2D eigenvalue weighted by Gasteiger charge is -2.27. The summed E-state index contributed by atoms with van der Waals surface area (Å²) < 4.78 is 39.5. The molecule has 0 radical (unpaired) electrons. The lowest BCUT2D eigenvalue weighted by atomic mass is 10.0. The van der Waals surface area contributed by atoms with Crippen LogP contribution in [-0.4, -0.2) is 44.0 Å². The largest absolute Gasteiger partial charge is 0.495 e. The van der Waals surface area contributed by atoms with E-state index in [-0.39, 0.29) is 29.0 Å². The molecule has 8 nitrogen and oxygen atoms in total. The normalized spacial score (nSPS) is 14.5. The smallest absolute Gasteiger partial charge is 0.247 e. The maximum Gasteiger partial charge on any atom is 0.247 e. The number of methoxy groups -OCH3 is 1. The Morgan fingerprint density at radius 2 is 1.94 bits per heavy atom. The van der Waals surface area contributed by atoms with E-state index in [2.05, 4.69) is 10.5 Å². The number of benzene rings is 2. The van der Waals surface area contributed by atoms with Gasteiger partial charge in [-0.15, -0.1) is 0 Å². The van der Waals surface area contributed by atoms with E-state index in [9.17, 15) is 13.2 Å². The highest BCUT2D eigenvalue weighted by Gasteiger charge is 2.30. The summed E-state index contributed by atoms with van der Waals surface area (Å²) in [4.78, 5) is 11.7. The SMILES string of the molecule is CCc1noc(NC(C)=O)c1-c1ccc(OC)c(S(=O)(=O)N2CC=C(c3ccccc3)CC2)c1. The van der Waals surface area contributed by atoms with Crippen LogP contribution in [0.5, 0.6) is 5.75 Å². The van der Waals surface area contributed by atoms with Crippen LogP contribution in [0, 0.1) is 0 Å². The van der Waals surface area contributed by atoms with Gasteiger partial charge in [-0.3, -0.25) is 10.1 Å². The number of nitrogens with one attached hydrogen (secondary N) is 1. The topological polar surface area (TPSA) is 102 Å². The summed E-state index contributed by atoms with van der Waals surface area (Å²) in [5, 5.41) is 6.67. The van der Waals surface area contributed by atoms with Crippen LogP contribution < -0.4 is 10.1 Å². The summed E-state index contributed by atoms with van der Waals surface area (Å²) in [6.45, 7) is 3.91. The highest BCUT2D eigenvalue weighted by atomic mass is 32.2. The first-order valence-electron chi connectivity index (χ1n) is 11.0. The van der Waals surface area contributed by atoms with Crippen LogP contribution in [0.3, 0.4) is 0 Å². The number of amides is 1. The summed E-state index contributed by atoms with van der Waals surface area (Å²) in [6, 6.07) is 14.9. The molecule has 178 valence electrons. The van der Waals surface area contributed by atoms with Crippen LogP contribution >= 0.6 is 0 Å². The highest BCUT2D eigenvalue weighted by Crippen LogP contribution is 2.38. The van der Waals surface area contributed by atoms with Crippen molar-refractivity contribution in [1.82, 2.24) is 9.46 Å². The summed E-state index contributed by atoms with van der Waals surface area (Å²) in [7, 11) is -2.41. The first kappa shape index (κ1) is 23.7. The molecule has 1 aliphatic heterocycles. The minimum absolute atomic E-state index is 0.0566. The third-order valence-corrected chi connectivity index (χ3v) is 7.66. The van der Waals surface area contributed by atoms with Gasteiger partial charge < -0.3 is 9.26 Å². The van der Waals surface area contributed by atoms with Crippen LogP contribution in [0.1, 0.15) is 31.5 Å². The molecule has 0 unspecified atom stereocenters. The van der Waals surface area contributed by atoms with E-state index in [1.165, 1.54) is 18.3 Å². The third-order valence-electron chi connectivity index (χ3n) is 5.77. The molecule has 9 heteroatoms. The van der Waals surface area contributed by atoms with Crippen LogP contribution in [0.2, 0.25) is 0 Å². The molecule has 0 fully saturated rings. The molecule has 34 heavy (non-hydrogen) atoms. The van der Waals surface area contributed by atoms with Crippen LogP contribution in [0.25, 0.3) is 16.7 Å². The Bertz CT molecular complexity index is 1330. The molecule has 0 atom stereocenters. The number of sulfonamides is 1. The van der Waals surface area contributed by atoms with Gasteiger partial charge in [-0.05, 0) is 41.7 Å². The average Bonchev–Trinajstić information content (AvgIpc) is 3.26. The molecule has 1 N–H and O–H groups in total. The number of ether oxygens (including phenoxy) is 1. The molecule has 0 spiro atoms. The van der Waals surface area contributed by atoms with Crippen molar-refractivity contribution in [2.45, 2.75) is 31.6 Å². The monoisotopic (exact) mass is 481 g/mol. The number of hydrogen-bond acceptors (Lipinski definition) is 6. The number of nitrogens with zero attached hydrogens (tertiary/aromatic N) is 2. The summed E-state index contributed by atoms with van der Waals surface area (Å²) in [5.74, 6) is 0.124. The van der Waals surface area contributed by atoms with Crippen molar-refractivity contribution in [3.8, 4) is 16.9 Å².